The van der Waals surface area contributed by atoms with Crippen molar-refractivity contribution in [3.8, 4) is 28.1 Å². The van der Waals surface area contributed by atoms with Crippen LogP contribution in [0.25, 0.3) is 22.4 Å². The Balaban J connectivity index is 1.39. The van der Waals surface area contributed by atoms with Crippen LogP contribution in [0.4, 0.5) is 18.0 Å². The van der Waals surface area contributed by atoms with Gasteiger partial charge >= 0.3 is 12.4 Å². The largest absolute Gasteiger partial charge is 0.573 e. The first-order chi connectivity index (χ1) is 16.3. The normalized spacial score (nSPS) is 11.3. The maximum absolute atomic E-state index is 12.6. The highest BCUT2D eigenvalue weighted by Crippen LogP contribution is 2.26. The highest BCUT2D eigenvalue weighted by atomic mass is 19.4. The van der Waals surface area contributed by atoms with Crippen molar-refractivity contribution >= 4 is 6.03 Å². The van der Waals surface area contributed by atoms with Gasteiger partial charge in [-0.3, -0.25) is 9.98 Å². The lowest BCUT2D eigenvalue weighted by atomic mass is 10.1. The molecule has 1 amide bonds. The summed E-state index contributed by atoms with van der Waals surface area (Å²) < 4.78 is 43.9. The molecule has 0 spiro atoms. The monoisotopic (exact) mass is 467 g/mol. The van der Waals surface area contributed by atoms with Crippen LogP contribution in [-0.2, 0) is 6.54 Å². The first-order valence-electron chi connectivity index (χ1n) is 10.3. The van der Waals surface area contributed by atoms with Crippen LogP contribution in [-0.4, -0.2) is 33.1 Å². The predicted octanol–water partition coefficient (Wildman–Crippen LogP) is 4.65. The summed E-state index contributed by atoms with van der Waals surface area (Å²) in [7, 11) is 0. The smallest absolute Gasteiger partial charge is 0.406 e. The fourth-order valence-corrected chi connectivity index (χ4v) is 3.31. The molecule has 4 aromatic rings. The summed E-state index contributed by atoms with van der Waals surface area (Å²) in [5, 5.41) is 10.8. The number of ether oxygens (including phenoxy) is 1. The minimum atomic E-state index is -4.77. The van der Waals surface area contributed by atoms with E-state index in [2.05, 4.69) is 15.0 Å². The number of pyridine rings is 1. The van der Waals surface area contributed by atoms with E-state index in [1.165, 1.54) is 36.5 Å². The van der Waals surface area contributed by atoms with E-state index in [0.717, 1.165) is 15.8 Å². The van der Waals surface area contributed by atoms with Crippen LogP contribution >= 0.6 is 0 Å². The van der Waals surface area contributed by atoms with Crippen LogP contribution in [0, 0.1) is 5.41 Å². The van der Waals surface area contributed by atoms with Crippen LogP contribution in [0.5, 0.6) is 5.75 Å². The van der Waals surface area contributed by atoms with Crippen molar-refractivity contribution in [1.82, 2.24) is 19.4 Å². The van der Waals surface area contributed by atoms with E-state index in [-0.39, 0.29) is 11.2 Å². The average Bonchev–Trinajstić information content (AvgIpc) is 3.28. The van der Waals surface area contributed by atoms with E-state index >= 15 is 0 Å². The van der Waals surface area contributed by atoms with E-state index < -0.39 is 12.4 Å². The average molecular weight is 467 g/mol. The van der Waals surface area contributed by atoms with Gasteiger partial charge in [0.1, 0.15) is 11.2 Å². The topological polar surface area (TPSA) is 84.9 Å². The third-order valence-corrected chi connectivity index (χ3v) is 4.94. The molecule has 2 aromatic heterocycles. The Kier molecular flexibility index (Phi) is 6.48. The van der Waals surface area contributed by atoms with Crippen LogP contribution in [0.15, 0.2) is 85.5 Å². The molecule has 0 atom stereocenters. The van der Waals surface area contributed by atoms with Gasteiger partial charge < -0.3 is 14.6 Å². The number of carbonyl (C=O) groups is 1. The molecular weight excluding hydrogens is 447 g/mol. The Morgan fingerprint density at radius 1 is 0.941 bits per heavy atom. The van der Waals surface area contributed by atoms with Gasteiger partial charge in [-0.25, -0.2) is 9.78 Å². The number of imidazole rings is 1. The van der Waals surface area contributed by atoms with Crippen molar-refractivity contribution in [2.24, 2.45) is 0 Å². The second-order valence-corrected chi connectivity index (χ2v) is 7.34. The highest BCUT2D eigenvalue weighted by molar-refractivity contribution is 5.78. The van der Waals surface area contributed by atoms with Crippen molar-refractivity contribution in [2.45, 2.75) is 12.9 Å². The summed E-state index contributed by atoms with van der Waals surface area (Å²) in [6, 6.07) is 17.6. The van der Waals surface area contributed by atoms with Crippen molar-refractivity contribution in [2.75, 3.05) is 6.54 Å². The molecule has 0 unspecified atom stereocenters. The quantitative estimate of drug-likeness (QED) is 0.433. The molecule has 2 heterocycles. The van der Waals surface area contributed by atoms with Crippen LogP contribution < -0.4 is 15.5 Å². The predicted molar refractivity (Wildman–Crippen MR) is 119 cm³/mol. The molecular formula is C24H20F3N5O2. The lowest BCUT2D eigenvalue weighted by molar-refractivity contribution is -0.274. The van der Waals surface area contributed by atoms with Crippen LogP contribution in [0.1, 0.15) is 0 Å². The zero-order valence-corrected chi connectivity index (χ0v) is 17.8. The lowest BCUT2D eigenvalue weighted by Gasteiger charge is -2.12. The molecule has 34 heavy (non-hydrogen) atoms. The second kappa shape index (κ2) is 9.65. The third kappa shape index (κ3) is 5.71. The van der Waals surface area contributed by atoms with Crippen LogP contribution in [0.2, 0.25) is 0 Å². The molecule has 7 nitrogen and oxygen atoms in total. The van der Waals surface area contributed by atoms with Crippen molar-refractivity contribution in [3.05, 3.63) is 90.9 Å². The van der Waals surface area contributed by atoms with Crippen molar-refractivity contribution in [3.63, 3.8) is 0 Å². The van der Waals surface area contributed by atoms with Crippen molar-refractivity contribution in [1.29, 1.82) is 5.41 Å². The van der Waals surface area contributed by atoms with E-state index in [1.54, 1.807) is 12.4 Å². The number of aromatic nitrogens is 3. The number of hydrogen-bond donors (Lipinski definition) is 2. The number of rotatable bonds is 6. The van der Waals surface area contributed by atoms with Gasteiger partial charge in [0.25, 0.3) is 0 Å². The van der Waals surface area contributed by atoms with Crippen molar-refractivity contribution < 1.29 is 22.7 Å². The molecule has 0 saturated heterocycles. The Morgan fingerprint density at radius 3 is 2.35 bits per heavy atom. The standard InChI is InChI=1S/C24H20F3N5O2/c25-24(26,27)34-20-9-6-17(7-10-20)19-8-11-22(28)32(14-19)23(33)29-12-13-31-15-21(30-16-31)18-4-2-1-3-5-18/h1-11,14-16,28H,12-13H2,(H,29,33). The van der Waals surface area contributed by atoms with E-state index in [4.69, 9.17) is 5.41 Å². The minimum absolute atomic E-state index is 0.0349. The summed E-state index contributed by atoms with van der Waals surface area (Å²) >= 11 is 0. The number of hydrogen-bond acceptors (Lipinski definition) is 4. The minimum Gasteiger partial charge on any atom is -0.406 e. The van der Waals surface area contributed by atoms with Gasteiger partial charge in [0.15, 0.2) is 0 Å². The number of nitrogens with zero attached hydrogens (tertiary/aromatic N) is 3. The highest BCUT2D eigenvalue weighted by Gasteiger charge is 2.30. The second-order valence-electron chi connectivity index (χ2n) is 7.34. The van der Waals surface area contributed by atoms with Crippen LogP contribution in [0.3, 0.4) is 0 Å². The SMILES string of the molecule is N=c1ccc(-c2ccc(OC(F)(F)F)cc2)cn1C(=O)NCCn1cnc(-c2ccccc2)c1. The van der Waals surface area contributed by atoms with E-state index in [0.29, 0.717) is 24.2 Å². The van der Waals surface area contributed by atoms with Gasteiger partial charge in [0.05, 0.1) is 12.0 Å². The molecule has 0 radical (unpaired) electrons. The maximum atomic E-state index is 12.6. The Hall–Kier alpha value is -4.34. The van der Waals surface area contributed by atoms with E-state index in [1.807, 2.05) is 41.1 Å². The summed E-state index contributed by atoms with van der Waals surface area (Å²) in [6.45, 7) is 0.795. The molecule has 0 aliphatic carbocycles. The number of amides is 1. The zero-order chi connectivity index (χ0) is 24.1. The van der Waals surface area contributed by atoms with Gasteiger partial charge in [0, 0.05) is 31.0 Å². The number of nitrogens with one attached hydrogen (secondary N) is 2. The fourth-order valence-electron chi connectivity index (χ4n) is 3.31. The number of halogens is 3. The Labute approximate surface area is 192 Å². The molecule has 10 heteroatoms. The third-order valence-electron chi connectivity index (χ3n) is 4.94. The van der Waals surface area contributed by atoms with Gasteiger partial charge in [-0.05, 0) is 35.4 Å². The summed E-state index contributed by atoms with van der Waals surface area (Å²) in [5.74, 6) is -0.339. The number of alkyl halides is 3. The molecule has 0 aliphatic rings. The fraction of sp³-hybridized carbons (Fsp3) is 0.125. The molecule has 2 aromatic carbocycles. The van der Waals surface area contributed by atoms with Gasteiger partial charge in [0.2, 0.25) is 0 Å². The number of benzene rings is 2. The summed E-state index contributed by atoms with van der Waals surface area (Å²) in [5.41, 5.74) is 2.92. The Morgan fingerprint density at radius 2 is 1.65 bits per heavy atom. The van der Waals surface area contributed by atoms with Gasteiger partial charge in [-0.15, -0.1) is 13.2 Å². The zero-order valence-electron chi connectivity index (χ0n) is 17.8. The van der Waals surface area contributed by atoms with Gasteiger partial charge in [-0.2, -0.15) is 0 Å². The molecule has 0 aliphatic heterocycles. The molecule has 0 bridgehead atoms. The lowest BCUT2D eigenvalue weighted by Crippen LogP contribution is -2.37. The molecule has 4 rings (SSSR count). The summed E-state index contributed by atoms with van der Waals surface area (Å²) in [6.07, 6.45) is 0.263. The first kappa shape index (κ1) is 22.8. The Bertz CT molecular complexity index is 1330. The first-order valence-corrected chi connectivity index (χ1v) is 10.3. The molecule has 2 N–H and O–H groups in total. The molecule has 0 saturated carbocycles. The molecule has 0 fully saturated rings. The summed E-state index contributed by atoms with van der Waals surface area (Å²) in [4.78, 5) is 17.0. The number of carbonyl (C=O) groups excluding carboxylic acids is 1. The van der Waals surface area contributed by atoms with E-state index in [9.17, 15) is 18.0 Å². The van der Waals surface area contributed by atoms with Gasteiger partial charge in [-0.1, -0.05) is 42.5 Å². The molecule has 174 valence electrons. The maximum Gasteiger partial charge on any atom is 0.573 e.